The topological polar surface area (TPSA) is 47.6 Å². The first-order valence-corrected chi connectivity index (χ1v) is 7.87. The molecule has 0 aliphatic rings. The number of anilines is 1. The summed E-state index contributed by atoms with van der Waals surface area (Å²) in [5.74, 6) is 0.905. The smallest absolute Gasteiger partial charge is 0.248 e. The Bertz CT molecular complexity index is 747. The third kappa shape index (κ3) is 4.50. The van der Waals surface area contributed by atoms with E-state index in [9.17, 15) is 4.79 Å². The second-order valence-electron chi connectivity index (χ2n) is 4.54. The summed E-state index contributed by atoms with van der Waals surface area (Å²) in [6, 6.07) is 10.7. The molecule has 6 heteroatoms. The predicted molar refractivity (Wildman–Crippen MR) is 96.4 cm³/mol. The average Bonchev–Trinajstić information content (AvgIpc) is 2.54. The van der Waals surface area contributed by atoms with Crippen molar-refractivity contribution in [3.8, 4) is 11.5 Å². The lowest BCUT2D eigenvalue weighted by atomic mass is 10.2. The van der Waals surface area contributed by atoms with Gasteiger partial charge < -0.3 is 14.8 Å². The first-order chi connectivity index (χ1) is 11.0. The number of rotatable bonds is 5. The van der Waals surface area contributed by atoms with E-state index in [-0.39, 0.29) is 5.91 Å². The quantitative estimate of drug-likeness (QED) is 0.741. The zero-order valence-corrected chi connectivity index (χ0v) is 14.9. The van der Waals surface area contributed by atoms with Crippen LogP contribution in [0.25, 0.3) is 6.08 Å². The van der Waals surface area contributed by atoms with Gasteiger partial charge in [-0.2, -0.15) is 0 Å². The molecule has 0 saturated heterocycles. The molecule has 23 heavy (non-hydrogen) atoms. The highest BCUT2D eigenvalue weighted by atomic mass is 79.9. The van der Waals surface area contributed by atoms with Crippen LogP contribution in [0.2, 0.25) is 5.02 Å². The molecule has 0 atom stereocenters. The summed E-state index contributed by atoms with van der Waals surface area (Å²) in [6.45, 7) is 0. The van der Waals surface area contributed by atoms with Gasteiger partial charge >= 0.3 is 0 Å². The van der Waals surface area contributed by atoms with E-state index in [1.807, 2.05) is 6.07 Å². The van der Waals surface area contributed by atoms with Crippen molar-refractivity contribution in [1.82, 2.24) is 0 Å². The van der Waals surface area contributed by atoms with Crippen molar-refractivity contribution >= 4 is 45.2 Å². The highest BCUT2D eigenvalue weighted by Crippen LogP contribution is 2.36. The van der Waals surface area contributed by atoms with Gasteiger partial charge in [0.25, 0.3) is 0 Å². The zero-order chi connectivity index (χ0) is 16.8. The Labute approximate surface area is 148 Å². The minimum Gasteiger partial charge on any atom is -0.493 e. The maximum absolute atomic E-state index is 12.0. The molecular weight excluding hydrogens is 382 g/mol. The summed E-state index contributed by atoms with van der Waals surface area (Å²) in [7, 11) is 3.12. The maximum atomic E-state index is 12.0. The Kier molecular flexibility index (Phi) is 6.07. The monoisotopic (exact) mass is 395 g/mol. The molecule has 0 aromatic heterocycles. The van der Waals surface area contributed by atoms with Gasteiger partial charge in [0.1, 0.15) is 0 Å². The second-order valence-corrected chi connectivity index (χ2v) is 5.80. The number of halogens is 2. The van der Waals surface area contributed by atoms with Crippen LogP contribution in [0.1, 0.15) is 5.56 Å². The van der Waals surface area contributed by atoms with Gasteiger partial charge in [-0.05, 0) is 51.8 Å². The van der Waals surface area contributed by atoms with Crippen LogP contribution in [-0.4, -0.2) is 20.1 Å². The summed E-state index contributed by atoms with van der Waals surface area (Å²) in [4.78, 5) is 12.0. The number of carbonyl (C=O) groups excluding carboxylic acids is 1. The fourth-order valence-electron chi connectivity index (χ4n) is 1.94. The summed E-state index contributed by atoms with van der Waals surface area (Å²) >= 11 is 9.42. The number of nitrogens with one attached hydrogen (secondary N) is 1. The molecule has 0 fully saturated rings. The molecule has 0 saturated carbocycles. The first-order valence-electron chi connectivity index (χ1n) is 6.70. The van der Waals surface area contributed by atoms with Gasteiger partial charge in [-0.1, -0.05) is 23.7 Å². The second kappa shape index (κ2) is 8.04. The molecule has 1 N–H and O–H groups in total. The Balaban J connectivity index is 2.15. The Morgan fingerprint density at radius 3 is 2.61 bits per heavy atom. The van der Waals surface area contributed by atoms with Gasteiger partial charge in [-0.15, -0.1) is 0 Å². The number of methoxy groups -OCH3 is 2. The van der Waals surface area contributed by atoms with E-state index in [4.69, 9.17) is 21.1 Å². The van der Waals surface area contributed by atoms with E-state index in [0.29, 0.717) is 22.2 Å². The van der Waals surface area contributed by atoms with Gasteiger partial charge in [0.15, 0.2) is 11.5 Å². The Morgan fingerprint density at radius 2 is 1.96 bits per heavy atom. The van der Waals surface area contributed by atoms with Crippen LogP contribution in [0, 0.1) is 0 Å². The first kappa shape index (κ1) is 17.4. The molecule has 2 aromatic rings. The number of benzene rings is 2. The van der Waals surface area contributed by atoms with Crippen LogP contribution < -0.4 is 14.8 Å². The van der Waals surface area contributed by atoms with Gasteiger partial charge in [-0.3, -0.25) is 4.79 Å². The molecular formula is C17H15BrClNO3. The summed E-state index contributed by atoms with van der Waals surface area (Å²) in [6.07, 6.45) is 3.11. The van der Waals surface area contributed by atoms with E-state index in [1.165, 1.54) is 6.08 Å². The summed E-state index contributed by atoms with van der Waals surface area (Å²) in [5.41, 5.74) is 1.36. The van der Waals surface area contributed by atoms with Gasteiger partial charge in [-0.25, -0.2) is 0 Å². The van der Waals surface area contributed by atoms with E-state index in [0.717, 1.165) is 10.0 Å². The lowest BCUT2D eigenvalue weighted by Gasteiger charge is -2.10. The van der Waals surface area contributed by atoms with E-state index in [2.05, 4.69) is 21.2 Å². The van der Waals surface area contributed by atoms with Crippen LogP contribution >= 0.6 is 27.5 Å². The lowest BCUT2D eigenvalue weighted by molar-refractivity contribution is -0.111. The summed E-state index contributed by atoms with van der Waals surface area (Å²) < 4.78 is 11.3. The number of para-hydroxylation sites is 1. The predicted octanol–water partition coefficient (Wildman–Crippen LogP) is 4.77. The van der Waals surface area contributed by atoms with Crippen LogP contribution in [-0.2, 0) is 4.79 Å². The van der Waals surface area contributed by atoms with Crippen molar-refractivity contribution in [2.75, 3.05) is 19.5 Å². The Hall–Kier alpha value is -1.98. The number of ether oxygens (including phenoxy) is 2. The molecule has 4 nitrogen and oxygen atoms in total. The number of hydrogen-bond acceptors (Lipinski definition) is 3. The fourth-order valence-corrected chi connectivity index (χ4v) is 2.75. The number of hydrogen-bond donors (Lipinski definition) is 1. The van der Waals surface area contributed by atoms with Crippen LogP contribution in [0.3, 0.4) is 0 Å². The zero-order valence-electron chi connectivity index (χ0n) is 12.6. The van der Waals surface area contributed by atoms with Gasteiger partial charge in [0.2, 0.25) is 5.91 Å². The molecule has 0 spiro atoms. The molecule has 0 bridgehead atoms. The third-order valence-electron chi connectivity index (χ3n) is 3.01. The highest BCUT2D eigenvalue weighted by molar-refractivity contribution is 9.10. The summed E-state index contributed by atoms with van der Waals surface area (Å²) in [5, 5.41) is 3.21. The van der Waals surface area contributed by atoms with Crippen molar-refractivity contribution in [2.24, 2.45) is 0 Å². The molecule has 1 amide bonds. The van der Waals surface area contributed by atoms with E-state index >= 15 is 0 Å². The lowest BCUT2D eigenvalue weighted by Crippen LogP contribution is -2.07. The van der Waals surface area contributed by atoms with Crippen molar-refractivity contribution in [3.05, 3.63) is 57.5 Å². The average molecular weight is 397 g/mol. The van der Waals surface area contributed by atoms with Crippen LogP contribution in [0.4, 0.5) is 5.69 Å². The Morgan fingerprint density at radius 1 is 1.22 bits per heavy atom. The van der Waals surface area contributed by atoms with E-state index in [1.54, 1.807) is 50.6 Å². The standard InChI is InChI=1S/C17H15BrClNO3/c1-22-15-10-11(9-12(18)17(15)23-2)7-8-16(21)20-14-6-4-3-5-13(14)19/h3-10H,1-2H3,(H,20,21). The number of carbonyl (C=O) groups is 1. The third-order valence-corrected chi connectivity index (χ3v) is 3.93. The van der Waals surface area contributed by atoms with Crippen LogP contribution in [0.5, 0.6) is 11.5 Å². The minimum atomic E-state index is -0.274. The largest absolute Gasteiger partial charge is 0.493 e. The SMILES string of the molecule is COc1cc(C=CC(=O)Nc2ccccc2Cl)cc(Br)c1OC. The van der Waals surface area contributed by atoms with Crippen molar-refractivity contribution in [2.45, 2.75) is 0 Å². The van der Waals surface area contributed by atoms with Crippen LogP contribution in [0.15, 0.2) is 46.9 Å². The minimum absolute atomic E-state index is 0.274. The molecule has 0 unspecified atom stereocenters. The molecule has 2 aromatic carbocycles. The van der Waals surface area contributed by atoms with E-state index < -0.39 is 0 Å². The van der Waals surface area contributed by atoms with Crippen molar-refractivity contribution in [1.29, 1.82) is 0 Å². The molecule has 0 aliphatic carbocycles. The fraction of sp³-hybridized carbons (Fsp3) is 0.118. The molecule has 0 heterocycles. The van der Waals surface area contributed by atoms with Gasteiger partial charge in [0, 0.05) is 6.08 Å². The molecule has 120 valence electrons. The van der Waals surface area contributed by atoms with Gasteiger partial charge in [0.05, 0.1) is 29.4 Å². The maximum Gasteiger partial charge on any atom is 0.248 e. The number of amides is 1. The highest BCUT2D eigenvalue weighted by Gasteiger charge is 2.09. The normalized spacial score (nSPS) is 10.6. The molecule has 0 aliphatic heterocycles. The molecule has 2 rings (SSSR count). The molecule has 0 radical (unpaired) electrons. The van der Waals surface area contributed by atoms with Crippen molar-refractivity contribution in [3.63, 3.8) is 0 Å². The van der Waals surface area contributed by atoms with Crippen molar-refractivity contribution < 1.29 is 14.3 Å².